The van der Waals surface area contributed by atoms with E-state index in [1.165, 1.54) is 18.2 Å². The van der Waals surface area contributed by atoms with Crippen LogP contribution in [0.2, 0.25) is 5.02 Å². The number of likely N-dealkylation sites (tertiary alicyclic amines) is 1. The highest BCUT2D eigenvalue weighted by Gasteiger charge is 2.27. The van der Waals surface area contributed by atoms with Crippen molar-refractivity contribution < 1.29 is 28.6 Å². The van der Waals surface area contributed by atoms with Gasteiger partial charge in [-0.15, -0.1) is 0 Å². The molecule has 3 aromatic carbocycles. The van der Waals surface area contributed by atoms with E-state index in [4.69, 9.17) is 21.4 Å². The van der Waals surface area contributed by atoms with Gasteiger partial charge in [-0.3, -0.25) is 9.59 Å². The number of aromatic nitrogens is 1. The van der Waals surface area contributed by atoms with Crippen molar-refractivity contribution in [3.63, 3.8) is 0 Å². The molecule has 0 unspecified atom stereocenters. The van der Waals surface area contributed by atoms with Crippen LogP contribution >= 0.6 is 11.6 Å². The Balaban J connectivity index is 1.18. The maximum atomic E-state index is 15.0. The van der Waals surface area contributed by atoms with E-state index in [9.17, 15) is 14.4 Å². The van der Waals surface area contributed by atoms with Crippen molar-refractivity contribution in [2.45, 2.75) is 12.8 Å². The SMILES string of the molecule is Cn1cc(C(=O)Nc2cc(F)c(CC(=O)N3CC[C@@H](COc4ccc(C(=O)O)cc4)C3)cc2Cl)c2ccccc21. The van der Waals surface area contributed by atoms with Crippen molar-refractivity contribution in [2.24, 2.45) is 13.0 Å². The molecule has 40 heavy (non-hydrogen) atoms. The zero-order valence-corrected chi connectivity index (χ0v) is 22.5. The summed E-state index contributed by atoms with van der Waals surface area (Å²) in [6.07, 6.45) is 2.29. The average molecular weight is 564 g/mol. The summed E-state index contributed by atoms with van der Waals surface area (Å²) < 4.78 is 22.6. The number of carbonyl (C=O) groups is 3. The van der Waals surface area contributed by atoms with E-state index in [1.54, 1.807) is 23.2 Å². The lowest BCUT2D eigenvalue weighted by molar-refractivity contribution is -0.129. The predicted octanol–water partition coefficient (Wildman–Crippen LogP) is 5.39. The van der Waals surface area contributed by atoms with Crippen LogP contribution in [0.4, 0.5) is 10.1 Å². The summed E-state index contributed by atoms with van der Waals surface area (Å²) in [5.41, 5.74) is 1.79. The maximum absolute atomic E-state index is 15.0. The van der Waals surface area contributed by atoms with Gasteiger partial charge in [0.2, 0.25) is 5.91 Å². The van der Waals surface area contributed by atoms with Gasteiger partial charge < -0.3 is 24.6 Å². The number of fused-ring (bicyclic) bond motifs is 1. The maximum Gasteiger partial charge on any atom is 0.335 e. The molecule has 0 radical (unpaired) electrons. The number of ether oxygens (including phenoxy) is 1. The fourth-order valence-electron chi connectivity index (χ4n) is 4.91. The first kappa shape index (κ1) is 27.2. The monoisotopic (exact) mass is 563 g/mol. The van der Waals surface area contributed by atoms with Crippen LogP contribution in [0.5, 0.6) is 5.75 Å². The van der Waals surface area contributed by atoms with Crippen molar-refractivity contribution in [3.05, 3.63) is 94.4 Å². The van der Waals surface area contributed by atoms with Crippen LogP contribution in [-0.2, 0) is 18.3 Å². The molecule has 0 spiro atoms. The summed E-state index contributed by atoms with van der Waals surface area (Å²) in [6, 6.07) is 16.1. The number of carboxylic acids is 1. The van der Waals surface area contributed by atoms with Crippen LogP contribution in [0.1, 0.15) is 32.7 Å². The van der Waals surface area contributed by atoms with E-state index in [1.807, 2.05) is 35.9 Å². The van der Waals surface area contributed by atoms with Gasteiger partial charge in [-0.1, -0.05) is 29.8 Å². The van der Waals surface area contributed by atoms with E-state index < -0.39 is 17.7 Å². The molecule has 0 bridgehead atoms. The molecule has 5 rings (SSSR count). The molecule has 8 nitrogen and oxygen atoms in total. The number of para-hydroxylation sites is 1. The molecule has 206 valence electrons. The molecule has 4 aromatic rings. The molecule has 1 aromatic heterocycles. The smallest absolute Gasteiger partial charge is 0.335 e. The first-order valence-corrected chi connectivity index (χ1v) is 13.1. The summed E-state index contributed by atoms with van der Waals surface area (Å²) in [4.78, 5) is 38.5. The van der Waals surface area contributed by atoms with Gasteiger partial charge in [0.25, 0.3) is 5.91 Å². The lowest BCUT2D eigenvalue weighted by Crippen LogP contribution is -2.31. The Morgan fingerprint density at radius 3 is 2.62 bits per heavy atom. The molecule has 0 aliphatic carbocycles. The third-order valence-corrected chi connectivity index (χ3v) is 7.41. The second kappa shape index (κ2) is 11.4. The largest absolute Gasteiger partial charge is 0.493 e. The minimum atomic E-state index is -1.01. The number of aryl methyl sites for hydroxylation is 1. The quantitative estimate of drug-likeness (QED) is 0.299. The zero-order valence-electron chi connectivity index (χ0n) is 21.7. The minimum absolute atomic E-state index is 0.100. The molecule has 1 saturated heterocycles. The number of amides is 2. The van der Waals surface area contributed by atoms with E-state index in [0.717, 1.165) is 23.4 Å². The van der Waals surface area contributed by atoms with Crippen LogP contribution in [0.15, 0.2) is 66.9 Å². The summed E-state index contributed by atoms with van der Waals surface area (Å²) in [7, 11) is 1.84. The Morgan fingerprint density at radius 1 is 1.12 bits per heavy atom. The average Bonchev–Trinajstić information content (AvgIpc) is 3.55. The first-order valence-electron chi connectivity index (χ1n) is 12.8. The highest BCUT2D eigenvalue weighted by molar-refractivity contribution is 6.34. The fraction of sp³-hybridized carbons (Fsp3) is 0.233. The van der Waals surface area contributed by atoms with E-state index >= 15 is 4.39 Å². The Labute approximate surface area is 234 Å². The number of nitrogens with zero attached hydrogens (tertiary/aromatic N) is 2. The molecule has 2 amide bonds. The van der Waals surface area contributed by atoms with Gasteiger partial charge in [-0.05, 0) is 54.4 Å². The molecular weight excluding hydrogens is 537 g/mol. The van der Waals surface area contributed by atoms with Gasteiger partial charge in [0.05, 0.1) is 34.9 Å². The molecule has 0 saturated carbocycles. The van der Waals surface area contributed by atoms with Crippen LogP contribution in [-0.4, -0.2) is 52.1 Å². The topological polar surface area (TPSA) is 101 Å². The number of nitrogens with one attached hydrogen (secondary N) is 1. The fourth-order valence-corrected chi connectivity index (χ4v) is 5.14. The Hall–Kier alpha value is -4.37. The van der Waals surface area contributed by atoms with Crippen molar-refractivity contribution >= 4 is 46.0 Å². The normalized spacial score (nSPS) is 14.9. The third-order valence-electron chi connectivity index (χ3n) is 7.09. The molecule has 10 heteroatoms. The number of aromatic carboxylic acids is 1. The van der Waals surface area contributed by atoms with Gasteiger partial charge in [-0.2, -0.15) is 0 Å². The number of rotatable bonds is 8. The number of halogens is 2. The number of hydrogen-bond acceptors (Lipinski definition) is 4. The minimum Gasteiger partial charge on any atom is -0.493 e. The predicted molar refractivity (Wildman–Crippen MR) is 150 cm³/mol. The second-order valence-electron chi connectivity index (χ2n) is 9.86. The van der Waals surface area contributed by atoms with Gasteiger partial charge >= 0.3 is 5.97 Å². The van der Waals surface area contributed by atoms with Crippen molar-refractivity contribution in [3.8, 4) is 5.75 Å². The lowest BCUT2D eigenvalue weighted by atomic mass is 10.1. The number of hydrogen-bond donors (Lipinski definition) is 2. The second-order valence-corrected chi connectivity index (χ2v) is 10.3. The van der Waals surface area contributed by atoms with Crippen molar-refractivity contribution in [1.82, 2.24) is 9.47 Å². The summed E-state index contributed by atoms with van der Waals surface area (Å²) in [5, 5.41) is 12.6. The summed E-state index contributed by atoms with van der Waals surface area (Å²) in [6.45, 7) is 1.38. The van der Waals surface area contributed by atoms with Gasteiger partial charge in [0.15, 0.2) is 0 Å². The molecule has 1 fully saturated rings. The number of carbonyl (C=O) groups excluding carboxylic acids is 2. The van der Waals surface area contributed by atoms with Crippen molar-refractivity contribution in [2.75, 3.05) is 25.0 Å². The van der Waals surface area contributed by atoms with Crippen LogP contribution < -0.4 is 10.1 Å². The number of carboxylic acid groups (broad SMARTS) is 1. The molecular formula is C30H27ClFN3O5. The van der Waals surface area contributed by atoms with Crippen LogP contribution in [0.25, 0.3) is 10.9 Å². The molecule has 1 atom stereocenters. The summed E-state index contributed by atoms with van der Waals surface area (Å²) in [5.74, 6) is -1.62. The van der Waals surface area contributed by atoms with Crippen LogP contribution in [0.3, 0.4) is 0 Å². The number of benzene rings is 3. The zero-order chi connectivity index (χ0) is 28.4. The van der Waals surface area contributed by atoms with E-state index in [-0.39, 0.29) is 40.1 Å². The standard InChI is InChI=1S/C30H27ClFN3O5/c1-34-16-23(22-4-2-3-5-27(22)34)29(37)33-26-14-25(32)20(12-24(26)31)13-28(36)35-11-10-18(15-35)17-40-21-8-6-19(7-9-21)30(38)39/h2-9,12,14,16,18H,10-11,13,15,17H2,1H3,(H,33,37)(H,38,39)/t18-/m1/s1. The highest BCUT2D eigenvalue weighted by Crippen LogP contribution is 2.29. The highest BCUT2D eigenvalue weighted by atomic mass is 35.5. The Kier molecular flexibility index (Phi) is 7.75. The number of anilines is 1. The van der Waals surface area contributed by atoms with Gasteiger partial charge in [0.1, 0.15) is 11.6 Å². The van der Waals surface area contributed by atoms with E-state index in [0.29, 0.717) is 31.0 Å². The van der Waals surface area contributed by atoms with E-state index in [2.05, 4.69) is 5.32 Å². The lowest BCUT2D eigenvalue weighted by Gasteiger charge is -2.18. The first-order chi connectivity index (χ1) is 19.2. The van der Waals surface area contributed by atoms with Crippen molar-refractivity contribution in [1.29, 1.82) is 0 Å². The summed E-state index contributed by atoms with van der Waals surface area (Å²) >= 11 is 6.39. The molecule has 2 heterocycles. The molecule has 2 N–H and O–H groups in total. The Morgan fingerprint density at radius 2 is 1.88 bits per heavy atom. The van der Waals surface area contributed by atoms with Gasteiger partial charge in [0, 0.05) is 43.2 Å². The van der Waals surface area contributed by atoms with Gasteiger partial charge in [-0.25, -0.2) is 9.18 Å². The molecule has 1 aliphatic rings. The third kappa shape index (κ3) is 5.79. The van der Waals surface area contributed by atoms with Crippen LogP contribution in [0, 0.1) is 11.7 Å². The molecule has 1 aliphatic heterocycles. The Bertz CT molecular complexity index is 1600.